The summed E-state index contributed by atoms with van der Waals surface area (Å²) in [5.41, 5.74) is 1.31. The van der Waals surface area contributed by atoms with Crippen molar-refractivity contribution >= 4 is 11.8 Å². The number of hydrogen-bond acceptors (Lipinski definition) is 3. The Kier molecular flexibility index (Phi) is 5.03. The molecule has 0 saturated carbocycles. The van der Waals surface area contributed by atoms with Crippen molar-refractivity contribution in [3.63, 3.8) is 0 Å². The van der Waals surface area contributed by atoms with Crippen LogP contribution in [0.15, 0.2) is 18.2 Å². The van der Waals surface area contributed by atoms with E-state index in [0.717, 1.165) is 19.6 Å². The maximum absolute atomic E-state index is 13.4. The zero-order valence-corrected chi connectivity index (χ0v) is 11.5. The highest BCUT2D eigenvalue weighted by Gasteiger charge is 2.14. The van der Waals surface area contributed by atoms with Gasteiger partial charge in [-0.25, -0.2) is 4.39 Å². The van der Waals surface area contributed by atoms with E-state index >= 15 is 0 Å². The first-order valence-corrected chi connectivity index (χ1v) is 7.56. The van der Waals surface area contributed by atoms with Gasteiger partial charge in [0.05, 0.1) is 6.10 Å². The summed E-state index contributed by atoms with van der Waals surface area (Å²) in [5.74, 6) is 2.12. The molecule has 0 radical (unpaired) electrons. The zero-order chi connectivity index (χ0) is 13.0. The summed E-state index contributed by atoms with van der Waals surface area (Å²) in [4.78, 5) is 2.37. The third-order valence-corrected chi connectivity index (χ3v) is 4.35. The lowest BCUT2D eigenvalue weighted by molar-refractivity contribution is 0.145. The molecule has 1 aliphatic heterocycles. The predicted octanol–water partition coefficient (Wildman–Crippen LogP) is 2.61. The lowest BCUT2D eigenvalue weighted by Gasteiger charge is -2.27. The lowest BCUT2D eigenvalue weighted by Crippen LogP contribution is -2.34. The van der Waals surface area contributed by atoms with E-state index in [9.17, 15) is 9.50 Å². The first kappa shape index (κ1) is 13.8. The normalized spacial score (nSPS) is 18.8. The van der Waals surface area contributed by atoms with E-state index < -0.39 is 6.10 Å². The SMILES string of the molecule is Cc1ccc(C(O)CCN2CCSCC2)cc1F. The molecule has 100 valence electrons. The van der Waals surface area contributed by atoms with E-state index in [4.69, 9.17) is 0 Å². The van der Waals surface area contributed by atoms with Crippen LogP contribution < -0.4 is 0 Å². The zero-order valence-electron chi connectivity index (χ0n) is 10.7. The van der Waals surface area contributed by atoms with Gasteiger partial charge in [0.15, 0.2) is 0 Å². The minimum Gasteiger partial charge on any atom is -0.388 e. The maximum Gasteiger partial charge on any atom is 0.126 e. The highest BCUT2D eigenvalue weighted by molar-refractivity contribution is 7.99. The van der Waals surface area contributed by atoms with Crippen LogP contribution >= 0.6 is 11.8 Å². The van der Waals surface area contributed by atoms with Crippen molar-refractivity contribution < 1.29 is 9.50 Å². The Balaban J connectivity index is 1.86. The molecule has 1 fully saturated rings. The van der Waals surface area contributed by atoms with Crippen LogP contribution in [-0.4, -0.2) is 41.1 Å². The van der Waals surface area contributed by atoms with Gasteiger partial charge in [-0.15, -0.1) is 0 Å². The Bertz CT molecular complexity index is 393. The van der Waals surface area contributed by atoms with E-state index in [-0.39, 0.29) is 5.82 Å². The summed E-state index contributed by atoms with van der Waals surface area (Å²) in [7, 11) is 0. The molecule has 0 aromatic heterocycles. The van der Waals surface area contributed by atoms with E-state index in [1.54, 1.807) is 13.0 Å². The lowest BCUT2D eigenvalue weighted by atomic mass is 10.0. The van der Waals surface area contributed by atoms with E-state index in [1.165, 1.54) is 17.6 Å². The fourth-order valence-corrected chi connectivity index (χ4v) is 3.09. The van der Waals surface area contributed by atoms with E-state index in [2.05, 4.69) is 4.90 Å². The average molecular weight is 269 g/mol. The Morgan fingerprint density at radius 2 is 2.11 bits per heavy atom. The molecule has 1 aliphatic rings. The first-order chi connectivity index (χ1) is 8.66. The standard InChI is InChI=1S/C14H20FNOS/c1-11-2-3-12(10-13(11)15)14(17)4-5-16-6-8-18-9-7-16/h2-3,10,14,17H,4-9H2,1H3. The van der Waals surface area contributed by atoms with Gasteiger partial charge in [0.25, 0.3) is 0 Å². The topological polar surface area (TPSA) is 23.5 Å². The molecule has 2 rings (SSSR count). The molecule has 0 amide bonds. The van der Waals surface area contributed by atoms with Crippen LogP contribution in [0.5, 0.6) is 0 Å². The summed E-state index contributed by atoms with van der Waals surface area (Å²) >= 11 is 1.98. The molecular weight excluding hydrogens is 249 g/mol. The van der Waals surface area contributed by atoms with Crippen LogP contribution in [-0.2, 0) is 0 Å². The average Bonchev–Trinajstić information content (AvgIpc) is 2.40. The van der Waals surface area contributed by atoms with Crippen molar-refractivity contribution in [1.29, 1.82) is 0 Å². The predicted molar refractivity (Wildman–Crippen MR) is 74.5 cm³/mol. The summed E-state index contributed by atoms with van der Waals surface area (Å²) in [6.07, 6.45) is 0.113. The molecule has 1 aromatic carbocycles. The third-order valence-electron chi connectivity index (χ3n) is 3.40. The molecule has 1 saturated heterocycles. The fraction of sp³-hybridized carbons (Fsp3) is 0.571. The van der Waals surface area contributed by atoms with Gasteiger partial charge in [-0.2, -0.15) is 11.8 Å². The largest absolute Gasteiger partial charge is 0.388 e. The highest BCUT2D eigenvalue weighted by atomic mass is 32.2. The molecule has 2 nitrogen and oxygen atoms in total. The second-order valence-corrected chi connectivity index (χ2v) is 5.99. The van der Waals surface area contributed by atoms with Gasteiger partial charge in [0.1, 0.15) is 5.82 Å². The van der Waals surface area contributed by atoms with Crippen LogP contribution in [0.2, 0.25) is 0 Å². The van der Waals surface area contributed by atoms with Gasteiger partial charge < -0.3 is 10.0 Å². The Morgan fingerprint density at radius 3 is 2.78 bits per heavy atom. The van der Waals surface area contributed by atoms with Gasteiger partial charge >= 0.3 is 0 Å². The number of halogens is 1. The smallest absolute Gasteiger partial charge is 0.126 e. The molecule has 1 N–H and O–H groups in total. The third kappa shape index (κ3) is 3.70. The fourth-order valence-electron chi connectivity index (χ4n) is 2.11. The molecule has 0 spiro atoms. The van der Waals surface area contributed by atoms with Crippen molar-refractivity contribution in [3.8, 4) is 0 Å². The van der Waals surface area contributed by atoms with Crippen molar-refractivity contribution in [3.05, 3.63) is 35.1 Å². The van der Waals surface area contributed by atoms with Crippen LogP contribution in [0, 0.1) is 12.7 Å². The number of thioether (sulfide) groups is 1. The van der Waals surface area contributed by atoms with Gasteiger partial charge in [0.2, 0.25) is 0 Å². The number of hydrogen-bond donors (Lipinski definition) is 1. The molecule has 18 heavy (non-hydrogen) atoms. The number of benzene rings is 1. The molecule has 1 unspecified atom stereocenters. The number of nitrogens with zero attached hydrogens (tertiary/aromatic N) is 1. The first-order valence-electron chi connectivity index (χ1n) is 6.41. The van der Waals surface area contributed by atoms with Crippen molar-refractivity contribution in [1.82, 2.24) is 4.90 Å². The van der Waals surface area contributed by atoms with Crippen LogP contribution in [0.1, 0.15) is 23.7 Å². The van der Waals surface area contributed by atoms with Crippen LogP contribution in [0.3, 0.4) is 0 Å². The molecule has 0 aliphatic carbocycles. The molecule has 1 atom stereocenters. The minimum atomic E-state index is -0.560. The summed E-state index contributed by atoms with van der Waals surface area (Å²) < 4.78 is 13.4. The molecule has 1 aromatic rings. The number of rotatable bonds is 4. The maximum atomic E-state index is 13.4. The van der Waals surface area contributed by atoms with Crippen LogP contribution in [0.25, 0.3) is 0 Å². The van der Waals surface area contributed by atoms with Crippen LogP contribution in [0.4, 0.5) is 4.39 Å². The summed E-state index contributed by atoms with van der Waals surface area (Å²) in [6, 6.07) is 4.99. The van der Waals surface area contributed by atoms with Crippen molar-refractivity contribution in [2.45, 2.75) is 19.4 Å². The van der Waals surface area contributed by atoms with Gasteiger partial charge in [-0.3, -0.25) is 0 Å². The van der Waals surface area contributed by atoms with E-state index in [1.807, 2.05) is 17.8 Å². The van der Waals surface area contributed by atoms with Crippen molar-refractivity contribution in [2.75, 3.05) is 31.1 Å². The van der Waals surface area contributed by atoms with Gasteiger partial charge in [-0.1, -0.05) is 12.1 Å². The quantitative estimate of drug-likeness (QED) is 0.909. The molecule has 1 heterocycles. The summed E-state index contributed by atoms with van der Waals surface area (Å²) in [6.45, 7) is 4.81. The Hall–Kier alpha value is -0.580. The second-order valence-electron chi connectivity index (χ2n) is 4.77. The van der Waals surface area contributed by atoms with Crippen molar-refractivity contribution in [2.24, 2.45) is 0 Å². The minimum absolute atomic E-state index is 0.235. The number of aryl methyl sites for hydroxylation is 1. The second kappa shape index (κ2) is 6.55. The molecular formula is C14H20FNOS. The molecule has 0 bridgehead atoms. The molecule has 4 heteroatoms. The monoisotopic (exact) mass is 269 g/mol. The highest BCUT2D eigenvalue weighted by Crippen LogP contribution is 2.20. The van der Waals surface area contributed by atoms with E-state index in [0.29, 0.717) is 17.5 Å². The summed E-state index contributed by atoms with van der Waals surface area (Å²) in [5, 5.41) is 10.1. The van der Waals surface area contributed by atoms with Gasteiger partial charge in [-0.05, 0) is 30.5 Å². The Labute approximate surface area is 112 Å². The van der Waals surface area contributed by atoms with Gasteiger partial charge in [0, 0.05) is 31.1 Å². The number of aliphatic hydroxyl groups excluding tert-OH is 1. The number of aliphatic hydroxyl groups is 1. The Morgan fingerprint density at radius 1 is 1.39 bits per heavy atom.